The quantitative estimate of drug-likeness (QED) is 0.734. The molecule has 0 unspecified atom stereocenters. The molecule has 0 saturated heterocycles. The molecule has 4 heteroatoms. The van der Waals surface area contributed by atoms with Crippen molar-refractivity contribution in [3.63, 3.8) is 0 Å². The van der Waals surface area contributed by atoms with Crippen LogP contribution >= 0.6 is 0 Å². The lowest BCUT2D eigenvalue weighted by atomic mass is 10.1. The van der Waals surface area contributed by atoms with E-state index in [9.17, 15) is 5.26 Å². The van der Waals surface area contributed by atoms with Crippen LogP contribution in [0.25, 0.3) is 10.9 Å². The third kappa shape index (κ3) is 2.98. The molecule has 4 nitrogen and oxygen atoms in total. The fourth-order valence-electron chi connectivity index (χ4n) is 2.10. The Labute approximate surface area is 122 Å². The van der Waals surface area contributed by atoms with E-state index in [-0.39, 0.29) is 0 Å². The van der Waals surface area contributed by atoms with E-state index in [0.29, 0.717) is 18.1 Å². The molecule has 0 atom stereocenters. The Balaban J connectivity index is 1.78. The Morgan fingerprint density at radius 3 is 2.71 bits per heavy atom. The predicted octanol–water partition coefficient (Wildman–Crippen LogP) is 3.12. The second-order valence-electron chi connectivity index (χ2n) is 4.60. The van der Waals surface area contributed by atoms with Crippen LogP contribution < -0.4 is 4.74 Å². The van der Waals surface area contributed by atoms with Crippen molar-refractivity contribution in [2.75, 3.05) is 6.61 Å². The standard InChI is InChI=1S/C17H13N3O/c18-12-15-11-14-3-1-2-4-16(14)20-17(15)21-10-7-13-5-8-19-9-6-13/h1-6,8-9,11H,7,10H2. The lowest BCUT2D eigenvalue weighted by Gasteiger charge is -2.08. The summed E-state index contributed by atoms with van der Waals surface area (Å²) >= 11 is 0. The van der Waals surface area contributed by atoms with Gasteiger partial charge in [-0.05, 0) is 29.8 Å². The molecular weight excluding hydrogens is 262 g/mol. The van der Waals surface area contributed by atoms with Crippen LogP contribution in [-0.4, -0.2) is 16.6 Å². The van der Waals surface area contributed by atoms with Gasteiger partial charge in [-0.2, -0.15) is 5.26 Å². The summed E-state index contributed by atoms with van der Waals surface area (Å²) in [5.74, 6) is 0.394. The van der Waals surface area contributed by atoms with Gasteiger partial charge in [-0.15, -0.1) is 0 Å². The zero-order valence-electron chi connectivity index (χ0n) is 11.4. The average molecular weight is 275 g/mol. The lowest BCUT2D eigenvalue weighted by molar-refractivity contribution is 0.309. The van der Waals surface area contributed by atoms with Crippen molar-refractivity contribution >= 4 is 10.9 Å². The smallest absolute Gasteiger partial charge is 0.232 e. The summed E-state index contributed by atoms with van der Waals surface area (Å²) in [4.78, 5) is 8.40. The number of ether oxygens (including phenoxy) is 1. The first kappa shape index (κ1) is 13.1. The zero-order chi connectivity index (χ0) is 14.5. The molecule has 102 valence electrons. The van der Waals surface area contributed by atoms with Gasteiger partial charge in [-0.3, -0.25) is 4.98 Å². The number of benzene rings is 1. The zero-order valence-corrected chi connectivity index (χ0v) is 11.4. The van der Waals surface area contributed by atoms with Gasteiger partial charge in [0.2, 0.25) is 5.88 Å². The van der Waals surface area contributed by atoms with Crippen LogP contribution in [0.3, 0.4) is 0 Å². The van der Waals surface area contributed by atoms with Gasteiger partial charge in [0.05, 0.1) is 12.1 Å². The third-order valence-electron chi connectivity index (χ3n) is 3.19. The minimum absolute atomic E-state index is 0.394. The van der Waals surface area contributed by atoms with Crippen molar-refractivity contribution in [3.05, 3.63) is 66.0 Å². The molecule has 0 aliphatic carbocycles. The summed E-state index contributed by atoms with van der Waals surface area (Å²) in [6.45, 7) is 0.476. The minimum atomic E-state index is 0.394. The van der Waals surface area contributed by atoms with Crippen LogP contribution in [0.5, 0.6) is 5.88 Å². The van der Waals surface area contributed by atoms with Crippen molar-refractivity contribution in [3.8, 4) is 11.9 Å². The number of aromatic nitrogens is 2. The van der Waals surface area contributed by atoms with Gasteiger partial charge in [-0.1, -0.05) is 18.2 Å². The topological polar surface area (TPSA) is 58.8 Å². The highest BCUT2D eigenvalue weighted by molar-refractivity contribution is 5.80. The molecule has 2 aromatic heterocycles. The predicted molar refractivity (Wildman–Crippen MR) is 79.9 cm³/mol. The number of rotatable bonds is 4. The van der Waals surface area contributed by atoms with Gasteiger partial charge in [0.25, 0.3) is 0 Å². The molecule has 0 N–H and O–H groups in total. The molecule has 0 amide bonds. The SMILES string of the molecule is N#Cc1cc2ccccc2nc1OCCc1ccncc1. The van der Waals surface area contributed by atoms with Crippen LogP contribution in [-0.2, 0) is 6.42 Å². The summed E-state index contributed by atoms with van der Waals surface area (Å²) < 4.78 is 5.69. The fourth-order valence-corrected chi connectivity index (χ4v) is 2.10. The Morgan fingerprint density at radius 2 is 1.90 bits per heavy atom. The molecule has 3 aromatic rings. The lowest BCUT2D eigenvalue weighted by Crippen LogP contribution is -2.04. The van der Waals surface area contributed by atoms with Crippen molar-refractivity contribution in [2.24, 2.45) is 0 Å². The normalized spacial score (nSPS) is 10.2. The summed E-state index contributed by atoms with van der Waals surface area (Å²) in [6.07, 6.45) is 4.26. The maximum absolute atomic E-state index is 9.22. The van der Waals surface area contributed by atoms with Crippen molar-refractivity contribution < 1.29 is 4.74 Å². The second kappa shape index (κ2) is 6.02. The molecule has 0 fully saturated rings. The van der Waals surface area contributed by atoms with Crippen LogP contribution in [0.4, 0.5) is 0 Å². The van der Waals surface area contributed by atoms with Crippen molar-refractivity contribution in [2.45, 2.75) is 6.42 Å². The summed E-state index contributed by atoms with van der Waals surface area (Å²) in [6, 6.07) is 15.5. The highest BCUT2D eigenvalue weighted by Crippen LogP contribution is 2.21. The number of nitriles is 1. The van der Waals surface area contributed by atoms with E-state index in [1.54, 1.807) is 12.4 Å². The maximum atomic E-state index is 9.22. The Morgan fingerprint density at radius 1 is 1.10 bits per heavy atom. The molecule has 0 bridgehead atoms. The van der Waals surface area contributed by atoms with E-state index in [4.69, 9.17) is 4.74 Å². The molecular formula is C17H13N3O. The van der Waals surface area contributed by atoms with Gasteiger partial charge in [-0.25, -0.2) is 4.98 Å². The first-order valence-electron chi connectivity index (χ1n) is 6.68. The molecule has 3 rings (SSSR count). The van der Waals surface area contributed by atoms with Gasteiger partial charge < -0.3 is 4.74 Å². The van der Waals surface area contributed by atoms with Gasteiger partial charge in [0.15, 0.2) is 0 Å². The highest BCUT2D eigenvalue weighted by Gasteiger charge is 2.07. The summed E-state index contributed by atoms with van der Waals surface area (Å²) in [7, 11) is 0. The van der Waals surface area contributed by atoms with Crippen LogP contribution in [0.15, 0.2) is 54.9 Å². The molecule has 0 spiro atoms. The fraction of sp³-hybridized carbons (Fsp3) is 0.118. The Bertz CT molecular complexity index is 794. The Hall–Kier alpha value is -2.93. The van der Waals surface area contributed by atoms with E-state index in [2.05, 4.69) is 16.0 Å². The molecule has 0 radical (unpaired) electrons. The number of hydrogen-bond donors (Lipinski definition) is 0. The van der Waals surface area contributed by atoms with Crippen LogP contribution in [0.1, 0.15) is 11.1 Å². The van der Waals surface area contributed by atoms with E-state index in [0.717, 1.165) is 22.9 Å². The van der Waals surface area contributed by atoms with Crippen molar-refractivity contribution in [1.29, 1.82) is 5.26 Å². The maximum Gasteiger partial charge on any atom is 0.232 e. The van der Waals surface area contributed by atoms with Gasteiger partial charge >= 0.3 is 0 Å². The molecule has 2 heterocycles. The van der Waals surface area contributed by atoms with E-state index in [1.165, 1.54) is 0 Å². The molecule has 1 aromatic carbocycles. The second-order valence-corrected chi connectivity index (χ2v) is 4.60. The van der Waals surface area contributed by atoms with Crippen LogP contribution in [0.2, 0.25) is 0 Å². The first-order valence-corrected chi connectivity index (χ1v) is 6.68. The number of pyridine rings is 2. The largest absolute Gasteiger partial charge is 0.476 e. The van der Waals surface area contributed by atoms with Gasteiger partial charge in [0.1, 0.15) is 11.6 Å². The minimum Gasteiger partial charge on any atom is -0.476 e. The number of nitrogens with zero attached hydrogens (tertiary/aromatic N) is 3. The molecule has 21 heavy (non-hydrogen) atoms. The van der Waals surface area contributed by atoms with E-state index < -0.39 is 0 Å². The van der Waals surface area contributed by atoms with Crippen molar-refractivity contribution in [1.82, 2.24) is 9.97 Å². The number of fused-ring (bicyclic) bond motifs is 1. The molecule has 0 saturated carbocycles. The molecule has 0 aliphatic heterocycles. The molecule has 0 aliphatic rings. The van der Waals surface area contributed by atoms with E-state index in [1.807, 2.05) is 42.5 Å². The number of para-hydroxylation sites is 1. The third-order valence-corrected chi connectivity index (χ3v) is 3.19. The first-order chi connectivity index (χ1) is 10.4. The number of hydrogen-bond acceptors (Lipinski definition) is 4. The summed E-state index contributed by atoms with van der Waals surface area (Å²) in [5.41, 5.74) is 2.43. The van der Waals surface area contributed by atoms with E-state index >= 15 is 0 Å². The highest BCUT2D eigenvalue weighted by atomic mass is 16.5. The monoisotopic (exact) mass is 275 g/mol. The average Bonchev–Trinajstić information content (AvgIpc) is 2.55. The Kier molecular flexibility index (Phi) is 3.74. The van der Waals surface area contributed by atoms with Crippen LogP contribution in [0, 0.1) is 11.3 Å². The van der Waals surface area contributed by atoms with Gasteiger partial charge in [0, 0.05) is 24.2 Å². The summed E-state index contributed by atoms with van der Waals surface area (Å²) in [5, 5.41) is 10.2.